The van der Waals surface area contributed by atoms with Gasteiger partial charge in [-0.15, -0.1) is 0 Å². The lowest BCUT2D eigenvalue weighted by Crippen LogP contribution is -2.17. The summed E-state index contributed by atoms with van der Waals surface area (Å²) in [5.74, 6) is -0.204. The molecule has 3 nitrogen and oxygen atoms in total. The fourth-order valence-electron chi connectivity index (χ4n) is 1.11. The van der Waals surface area contributed by atoms with Gasteiger partial charge >= 0.3 is 0 Å². The SMILES string of the molecule is O=C1N=CN=C2CC=C(Br)C=C12. The molecule has 12 heavy (non-hydrogen) atoms. The van der Waals surface area contributed by atoms with Gasteiger partial charge in [-0.1, -0.05) is 22.0 Å². The average Bonchev–Trinajstić information content (AvgIpc) is 2.07. The minimum absolute atomic E-state index is 0.204. The van der Waals surface area contributed by atoms with Crippen LogP contribution in [-0.4, -0.2) is 18.0 Å². The van der Waals surface area contributed by atoms with Crippen LogP contribution in [0.3, 0.4) is 0 Å². The summed E-state index contributed by atoms with van der Waals surface area (Å²) in [5.41, 5.74) is 1.41. The van der Waals surface area contributed by atoms with Crippen molar-refractivity contribution in [2.24, 2.45) is 9.98 Å². The molecular formula is C8H5BrN2O. The van der Waals surface area contributed by atoms with Crippen LogP contribution in [0.5, 0.6) is 0 Å². The van der Waals surface area contributed by atoms with Gasteiger partial charge in [0.1, 0.15) is 6.34 Å². The standard InChI is InChI=1S/C8H5BrN2O/c9-5-1-2-7-6(3-5)8(12)11-4-10-7/h1,3-4H,2H2. The van der Waals surface area contributed by atoms with Crippen LogP contribution in [0.25, 0.3) is 0 Å². The molecule has 0 aromatic heterocycles. The number of hydrogen-bond donors (Lipinski definition) is 0. The molecule has 2 aliphatic rings. The van der Waals surface area contributed by atoms with Crippen LogP contribution in [0.2, 0.25) is 0 Å². The monoisotopic (exact) mass is 224 g/mol. The molecule has 0 aromatic carbocycles. The molecule has 0 N–H and O–H groups in total. The number of aliphatic imine (C=N–C) groups is 2. The Balaban J connectivity index is 2.47. The van der Waals surface area contributed by atoms with Gasteiger partial charge in [0, 0.05) is 10.9 Å². The Bertz CT molecular complexity index is 363. The zero-order chi connectivity index (χ0) is 8.55. The predicted octanol–water partition coefficient (Wildman–Crippen LogP) is 1.60. The molecule has 0 radical (unpaired) electrons. The quantitative estimate of drug-likeness (QED) is 0.617. The first-order valence-corrected chi connectivity index (χ1v) is 4.28. The maximum Gasteiger partial charge on any atom is 0.280 e. The van der Waals surface area contributed by atoms with Gasteiger partial charge in [0.25, 0.3) is 5.91 Å². The van der Waals surface area contributed by atoms with Gasteiger partial charge < -0.3 is 0 Å². The van der Waals surface area contributed by atoms with E-state index in [4.69, 9.17) is 0 Å². The molecular weight excluding hydrogens is 220 g/mol. The summed E-state index contributed by atoms with van der Waals surface area (Å²) in [5, 5.41) is 0. The summed E-state index contributed by atoms with van der Waals surface area (Å²) in [4.78, 5) is 18.8. The minimum Gasteiger partial charge on any atom is -0.267 e. The highest BCUT2D eigenvalue weighted by atomic mass is 79.9. The number of amides is 1. The summed E-state index contributed by atoms with van der Waals surface area (Å²) >= 11 is 3.30. The molecule has 0 unspecified atom stereocenters. The van der Waals surface area contributed by atoms with Gasteiger partial charge in [-0.25, -0.2) is 4.99 Å². The van der Waals surface area contributed by atoms with Crippen molar-refractivity contribution < 1.29 is 4.79 Å². The van der Waals surface area contributed by atoms with E-state index in [0.29, 0.717) is 12.0 Å². The zero-order valence-corrected chi connectivity index (χ0v) is 7.71. The van der Waals surface area contributed by atoms with Crippen molar-refractivity contribution in [1.82, 2.24) is 0 Å². The Hall–Kier alpha value is -1.03. The predicted molar refractivity (Wildman–Crippen MR) is 50.6 cm³/mol. The van der Waals surface area contributed by atoms with Crippen molar-refractivity contribution in [3.8, 4) is 0 Å². The maximum absolute atomic E-state index is 11.2. The molecule has 0 atom stereocenters. The smallest absolute Gasteiger partial charge is 0.267 e. The van der Waals surface area contributed by atoms with Crippen molar-refractivity contribution >= 4 is 33.9 Å². The molecule has 0 fully saturated rings. The molecule has 0 saturated heterocycles. The van der Waals surface area contributed by atoms with Gasteiger partial charge in [0.2, 0.25) is 0 Å². The van der Waals surface area contributed by atoms with Crippen LogP contribution >= 0.6 is 15.9 Å². The molecule has 0 aromatic rings. The normalized spacial score (nSPS) is 21.1. The van der Waals surface area contributed by atoms with E-state index >= 15 is 0 Å². The van der Waals surface area contributed by atoms with E-state index in [-0.39, 0.29) is 5.91 Å². The summed E-state index contributed by atoms with van der Waals surface area (Å²) < 4.78 is 0.918. The lowest BCUT2D eigenvalue weighted by atomic mass is 10.0. The number of fused-ring (bicyclic) bond motifs is 1. The van der Waals surface area contributed by atoms with Gasteiger partial charge in [-0.3, -0.25) is 4.79 Å². The highest BCUT2D eigenvalue weighted by Gasteiger charge is 2.19. The lowest BCUT2D eigenvalue weighted by Gasteiger charge is -2.12. The van der Waals surface area contributed by atoms with Gasteiger partial charge in [-0.2, -0.15) is 4.99 Å². The minimum atomic E-state index is -0.204. The number of allylic oxidation sites excluding steroid dienone is 3. The third-order valence-electron chi connectivity index (χ3n) is 1.70. The highest BCUT2D eigenvalue weighted by Crippen LogP contribution is 2.21. The van der Waals surface area contributed by atoms with Crippen LogP contribution in [-0.2, 0) is 4.79 Å². The largest absolute Gasteiger partial charge is 0.280 e. The number of hydrogen-bond acceptors (Lipinski definition) is 2. The lowest BCUT2D eigenvalue weighted by molar-refractivity contribution is -0.113. The Morgan fingerprint density at radius 3 is 3.17 bits per heavy atom. The fourth-order valence-corrected chi connectivity index (χ4v) is 1.50. The van der Waals surface area contributed by atoms with Crippen molar-refractivity contribution in [3.63, 3.8) is 0 Å². The van der Waals surface area contributed by atoms with Crippen molar-refractivity contribution in [1.29, 1.82) is 0 Å². The summed E-state index contributed by atoms with van der Waals surface area (Å²) in [7, 11) is 0. The number of nitrogens with zero attached hydrogens (tertiary/aromatic N) is 2. The van der Waals surface area contributed by atoms with Gasteiger partial charge in [-0.05, 0) is 6.08 Å². The topological polar surface area (TPSA) is 41.8 Å². The molecule has 60 valence electrons. The maximum atomic E-state index is 11.2. The van der Waals surface area contributed by atoms with Gasteiger partial charge in [0.05, 0.1) is 11.3 Å². The number of rotatable bonds is 0. The second kappa shape index (κ2) is 2.79. The van der Waals surface area contributed by atoms with Crippen molar-refractivity contribution in [2.45, 2.75) is 6.42 Å². The first kappa shape index (κ1) is 7.61. The highest BCUT2D eigenvalue weighted by molar-refractivity contribution is 9.11. The average molecular weight is 225 g/mol. The van der Waals surface area contributed by atoms with E-state index in [0.717, 1.165) is 10.2 Å². The molecule has 4 heteroatoms. The van der Waals surface area contributed by atoms with E-state index in [9.17, 15) is 4.79 Å². The van der Waals surface area contributed by atoms with Crippen LogP contribution < -0.4 is 0 Å². The second-order valence-electron chi connectivity index (χ2n) is 2.48. The first-order chi connectivity index (χ1) is 5.77. The molecule has 0 bridgehead atoms. The van der Waals surface area contributed by atoms with E-state index in [1.54, 1.807) is 6.08 Å². The molecule has 1 amide bonds. The molecule has 1 aliphatic heterocycles. The Morgan fingerprint density at radius 1 is 1.50 bits per heavy atom. The third kappa shape index (κ3) is 1.18. The Labute approximate surface area is 77.7 Å². The molecule has 0 spiro atoms. The first-order valence-electron chi connectivity index (χ1n) is 3.48. The second-order valence-corrected chi connectivity index (χ2v) is 3.39. The number of carbonyl (C=O) groups excluding carboxylic acids is 1. The zero-order valence-electron chi connectivity index (χ0n) is 6.12. The van der Waals surface area contributed by atoms with E-state index < -0.39 is 0 Å². The van der Waals surface area contributed by atoms with Gasteiger partial charge in [0.15, 0.2) is 0 Å². The summed E-state index contributed by atoms with van der Waals surface area (Å²) in [6.07, 6.45) is 5.72. The molecule has 2 rings (SSSR count). The van der Waals surface area contributed by atoms with Crippen molar-refractivity contribution in [2.75, 3.05) is 0 Å². The van der Waals surface area contributed by atoms with E-state index in [2.05, 4.69) is 25.9 Å². The number of carbonyl (C=O) groups is 1. The molecule has 0 saturated carbocycles. The summed E-state index contributed by atoms with van der Waals surface area (Å²) in [6.45, 7) is 0. The molecule has 1 heterocycles. The molecule has 1 aliphatic carbocycles. The fraction of sp³-hybridized carbons (Fsp3) is 0.125. The van der Waals surface area contributed by atoms with Crippen LogP contribution in [0.4, 0.5) is 0 Å². The Morgan fingerprint density at radius 2 is 2.33 bits per heavy atom. The summed E-state index contributed by atoms with van der Waals surface area (Å²) in [6, 6.07) is 0. The van der Waals surface area contributed by atoms with Crippen molar-refractivity contribution in [3.05, 3.63) is 22.2 Å². The Kier molecular flexibility index (Phi) is 1.77. The van der Waals surface area contributed by atoms with Crippen LogP contribution in [0.1, 0.15) is 6.42 Å². The van der Waals surface area contributed by atoms with E-state index in [1.807, 2.05) is 6.08 Å². The van der Waals surface area contributed by atoms with Crippen LogP contribution in [0, 0.1) is 0 Å². The van der Waals surface area contributed by atoms with Crippen LogP contribution in [0.15, 0.2) is 32.2 Å². The third-order valence-corrected chi connectivity index (χ3v) is 2.26. The van der Waals surface area contributed by atoms with E-state index in [1.165, 1.54) is 6.34 Å². The number of halogens is 1.